The lowest BCUT2D eigenvalue weighted by Crippen LogP contribution is -2.23. The van der Waals surface area contributed by atoms with E-state index in [4.69, 9.17) is 27.5 Å². The third-order valence-corrected chi connectivity index (χ3v) is 5.38. The Labute approximate surface area is 216 Å². The van der Waals surface area contributed by atoms with E-state index in [-0.39, 0.29) is 17.3 Å². The molecule has 0 fully saturated rings. The van der Waals surface area contributed by atoms with Gasteiger partial charge in [-0.15, -0.1) is 0 Å². The molecule has 0 atom stereocenters. The lowest BCUT2D eigenvalue weighted by Gasteiger charge is -2.16. The van der Waals surface area contributed by atoms with Gasteiger partial charge in [-0.1, -0.05) is 63.6 Å². The van der Waals surface area contributed by atoms with Crippen molar-refractivity contribution < 1.29 is 4.42 Å². The summed E-state index contributed by atoms with van der Waals surface area (Å²) in [6.45, 7) is 10.1. The average Bonchev–Trinajstić information content (AvgIpc) is 3.41. The highest BCUT2D eigenvalue weighted by Gasteiger charge is 2.13. The quantitative estimate of drug-likeness (QED) is 0.300. The van der Waals surface area contributed by atoms with Crippen molar-refractivity contribution in [3.05, 3.63) is 82.2 Å². The van der Waals surface area contributed by atoms with E-state index in [9.17, 15) is 4.79 Å². The molecule has 0 bridgehead atoms. The molecule has 4 rings (SSSR count). The Balaban J connectivity index is 0.000000260. The summed E-state index contributed by atoms with van der Waals surface area (Å²) in [5.41, 5.74) is 13.4. The first-order chi connectivity index (χ1) is 17.4. The van der Waals surface area contributed by atoms with Crippen molar-refractivity contribution in [1.29, 1.82) is 0 Å². The number of aryl methyl sites for hydroxylation is 1. The van der Waals surface area contributed by atoms with E-state index >= 15 is 0 Å². The number of nitrogens with two attached hydrogens (primary N) is 2. The number of anilines is 2. The second-order valence-electron chi connectivity index (χ2n) is 7.24. The number of aromatic nitrogens is 4. The molecule has 8 nitrogen and oxygen atoms in total. The minimum Gasteiger partial charge on any atom is -0.444 e. The second kappa shape index (κ2) is 13.8. The van der Waals surface area contributed by atoms with Crippen LogP contribution in [0.2, 0.25) is 5.02 Å². The highest BCUT2D eigenvalue weighted by molar-refractivity contribution is 6.35. The summed E-state index contributed by atoms with van der Waals surface area (Å²) in [4.78, 5) is 24.4. The Morgan fingerprint density at radius 1 is 1.19 bits per heavy atom. The van der Waals surface area contributed by atoms with E-state index in [0.717, 1.165) is 29.6 Å². The number of hydrogen-bond donors (Lipinski definition) is 2. The van der Waals surface area contributed by atoms with Gasteiger partial charge in [-0.3, -0.25) is 9.36 Å². The summed E-state index contributed by atoms with van der Waals surface area (Å²) in [6.07, 6.45) is 11.9. The molecule has 1 aromatic carbocycles. The molecule has 0 spiro atoms. The van der Waals surface area contributed by atoms with Crippen molar-refractivity contribution in [3.63, 3.8) is 0 Å². The van der Waals surface area contributed by atoms with Crippen LogP contribution < -0.4 is 17.0 Å². The maximum atomic E-state index is 12.9. The number of pyridine rings is 1. The first-order valence-corrected chi connectivity index (χ1v) is 12.2. The van der Waals surface area contributed by atoms with Crippen molar-refractivity contribution in [2.45, 2.75) is 47.5 Å². The van der Waals surface area contributed by atoms with Crippen LogP contribution in [0.5, 0.6) is 0 Å². The Morgan fingerprint density at radius 3 is 2.53 bits per heavy atom. The second-order valence-corrected chi connectivity index (χ2v) is 7.64. The number of hydrogen-bond acceptors (Lipinski definition) is 7. The maximum Gasteiger partial charge on any atom is 0.264 e. The Morgan fingerprint density at radius 2 is 1.94 bits per heavy atom. The van der Waals surface area contributed by atoms with Gasteiger partial charge in [0.1, 0.15) is 12.1 Å². The molecular weight excluding hydrogens is 476 g/mol. The lowest BCUT2D eigenvalue weighted by molar-refractivity contribution is 0.574. The summed E-state index contributed by atoms with van der Waals surface area (Å²) in [6, 6.07) is 7.64. The van der Waals surface area contributed by atoms with Crippen LogP contribution >= 0.6 is 11.6 Å². The average molecular weight is 509 g/mol. The zero-order valence-electron chi connectivity index (χ0n) is 21.3. The first kappa shape index (κ1) is 28.3. The highest BCUT2D eigenvalue weighted by atomic mass is 35.5. The molecule has 9 heteroatoms. The summed E-state index contributed by atoms with van der Waals surface area (Å²) >= 11 is 6.24. The molecule has 4 N–H and O–H groups in total. The van der Waals surface area contributed by atoms with Crippen molar-refractivity contribution >= 4 is 39.8 Å². The van der Waals surface area contributed by atoms with Crippen LogP contribution in [0.25, 0.3) is 27.9 Å². The fourth-order valence-corrected chi connectivity index (χ4v) is 3.70. The number of nitrogens with zero attached hydrogens (tertiary/aromatic N) is 4. The molecule has 0 aliphatic rings. The molecule has 0 unspecified atom stereocenters. The molecule has 0 aliphatic carbocycles. The van der Waals surface area contributed by atoms with Crippen molar-refractivity contribution in [2.75, 3.05) is 11.5 Å². The van der Waals surface area contributed by atoms with Crippen LogP contribution in [-0.2, 0) is 6.42 Å². The van der Waals surface area contributed by atoms with E-state index in [1.165, 1.54) is 18.7 Å². The topological polar surface area (TPSA) is 126 Å². The van der Waals surface area contributed by atoms with E-state index in [2.05, 4.69) is 34.9 Å². The van der Waals surface area contributed by atoms with Gasteiger partial charge in [-0.05, 0) is 43.4 Å². The number of rotatable bonds is 5. The summed E-state index contributed by atoms with van der Waals surface area (Å²) in [5, 5.41) is 2.01. The van der Waals surface area contributed by atoms with Gasteiger partial charge in [0, 0.05) is 17.6 Å². The van der Waals surface area contributed by atoms with E-state index in [1.54, 1.807) is 10.6 Å². The zero-order valence-corrected chi connectivity index (χ0v) is 22.1. The molecule has 4 aromatic rings. The van der Waals surface area contributed by atoms with Crippen LogP contribution in [-0.4, -0.2) is 19.5 Å². The van der Waals surface area contributed by atoms with Gasteiger partial charge in [-0.2, -0.15) is 4.98 Å². The fourth-order valence-electron chi connectivity index (χ4n) is 3.44. The SMILES string of the molecule is C/C=C\C=C(/CC)n1c(CC)cc2cccc(Cl)c2c1=O.CC.Nc1ncc(-c2ncco2)c(N)n1. The number of oxazole rings is 1. The number of benzene rings is 1. The van der Waals surface area contributed by atoms with E-state index in [0.29, 0.717) is 21.9 Å². The number of fused-ring (bicyclic) bond motifs is 1. The van der Waals surface area contributed by atoms with Gasteiger partial charge in [0.15, 0.2) is 0 Å². The zero-order chi connectivity index (χ0) is 26.7. The first-order valence-electron chi connectivity index (χ1n) is 11.8. The van der Waals surface area contributed by atoms with Crippen LogP contribution in [0, 0.1) is 0 Å². The number of halogens is 1. The molecule has 36 heavy (non-hydrogen) atoms. The van der Waals surface area contributed by atoms with Gasteiger partial charge < -0.3 is 15.9 Å². The monoisotopic (exact) mass is 508 g/mol. The predicted octanol–water partition coefficient (Wildman–Crippen LogP) is 6.37. The van der Waals surface area contributed by atoms with Crippen molar-refractivity contribution in [3.8, 4) is 11.5 Å². The normalized spacial score (nSPS) is 11.1. The number of allylic oxidation sites excluding steroid dienone is 4. The standard InChI is InChI=1S/C18H20ClNO.C7H7N5O.C2H6/c1-4-7-10-14(5-2)20-15(6-3)12-13-9-8-11-16(19)17(13)18(20)21;8-5-4(3-11-7(9)12-5)6-10-1-2-13-6;1-2/h4,7-12H,5-6H2,1-3H3;1-3H,(H4,8,9,11,12);1-2H3/b7-4-,14-10+;;. The molecule has 0 saturated heterocycles. The molecule has 3 aromatic heterocycles. The van der Waals surface area contributed by atoms with Gasteiger partial charge >= 0.3 is 0 Å². The Kier molecular flexibility index (Phi) is 10.9. The molecule has 0 aliphatic heterocycles. The highest BCUT2D eigenvalue weighted by Crippen LogP contribution is 2.23. The lowest BCUT2D eigenvalue weighted by atomic mass is 10.1. The largest absolute Gasteiger partial charge is 0.444 e. The minimum atomic E-state index is -0.0347. The predicted molar refractivity (Wildman–Crippen MR) is 150 cm³/mol. The molecule has 0 saturated carbocycles. The minimum absolute atomic E-state index is 0.0347. The fraction of sp³-hybridized carbons (Fsp3) is 0.259. The van der Waals surface area contributed by atoms with Crippen LogP contribution in [0.1, 0.15) is 46.7 Å². The van der Waals surface area contributed by atoms with Gasteiger partial charge in [0.05, 0.1) is 22.2 Å². The molecule has 190 valence electrons. The molecule has 0 amide bonds. The smallest absolute Gasteiger partial charge is 0.264 e. The van der Waals surface area contributed by atoms with E-state index < -0.39 is 0 Å². The van der Waals surface area contributed by atoms with E-state index in [1.807, 2.05) is 51.1 Å². The van der Waals surface area contributed by atoms with Crippen LogP contribution in [0.15, 0.2) is 70.4 Å². The van der Waals surface area contributed by atoms with Crippen molar-refractivity contribution in [1.82, 2.24) is 19.5 Å². The van der Waals surface area contributed by atoms with Crippen LogP contribution in [0.4, 0.5) is 11.8 Å². The summed E-state index contributed by atoms with van der Waals surface area (Å²) in [7, 11) is 0. The van der Waals surface area contributed by atoms with Gasteiger partial charge in [0.2, 0.25) is 11.8 Å². The third-order valence-electron chi connectivity index (χ3n) is 5.06. The van der Waals surface area contributed by atoms with Crippen molar-refractivity contribution in [2.24, 2.45) is 0 Å². The Hall–Kier alpha value is -3.91. The summed E-state index contributed by atoms with van der Waals surface area (Å²) in [5.74, 6) is 0.778. The third kappa shape index (κ3) is 6.60. The Bertz CT molecular complexity index is 1390. The maximum absolute atomic E-state index is 12.9. The molecular formula is C27H33ClN6O2. The molecule has 0 radical (unpaired) electrons. The van der Waals surface area contributed by atoms with Gasteiger partial charge in [-0.25, -0.2) is 9.97 Å². The van der Waals surface area contributed by atoms with Gasteiger partial charge in [0.25, 0.3) is 5.56 Å². The molecule has 3 heterocycles. The summed E-state index contributed by atoms with van der Waals surface area (Å²) < 4.78 is 6.83. The van der Waals surface area contributed by atoms with Crippen LogP contribution in [0.3, 0.4) is 0 Å². The number of nitrogen functional groups attached to an aromatic ring is 2.